The number of nitrogen functional groups attached to an aromatic ring is 1. The highest BCUT2D eigenvalue weighted by Crippen LogP contribution is 2.20. The van der Waals surface area contributed by atoms with Crippen molar-refractivity contribution < 1.29 is 4.79 Å². The Hall–Kier alpha value is -2.14. The van der Waals surface area contributed by atoms with Gasteiger partial charge in [0.2, 0.25) is 0 Å². The van der Waals surface area contributed by atoms with Gasteiger partial charge in [-0.1, -0.05) is 41.4 Å². The van der Waals surface area contributed by atoms with Gasteiger partial charge in [-0.2, -0.15) is 0 Å². The van der Waals surface area contributed by atoms with Crippen molar-refractivity contribution in [3.05, 3.63) is 46.2 Å². The molecule has 98 valence electrons. The lowest BCUT2D eigenvalue weighted by Gasteiger charge is -2.08. The molecule has 0 saturated carbocycles. The molecule has 0 atom stereocenters. The minimum Gasteiger partial charge on any atom is -0.382 e. The number of nitrogens with zero attached hydrogens (tertiary/aromatic N) is 2. The molecule has 5 nitrogen and oxygen atoms in total. The van der Waals surface area contributed by atoms with Gasteiger partial charge in [0.1, 0.15) is 5.69 Å². The maximum absolute atomic E-state index is 10.6. The van der Waals surface area contributed by atoms with Crippen molar-refractivity contribution in [2.45, 2.75) is 13.5 Å². The normalized spacial score (nSPS) is 10.2. The predicted molar refractivity (Wildman–Crippen MR) is 75.3 cm³/mol. The van der Waals surface area contributed by atoms with E-state index in [1.54, 1.807) is 0 Å². The molecule has 0 aliphatic heterocycles. The summed E-state index contributed by atoms with van der Waals surface area (Å²) in [4.78, 5) is 18.5. The molecule has 0 amide bonds. The van der Waals surface area contributed by atoms with Crippen LogP contribution in [0.25, 0.3) is 0 Å². The smallest absolute Gasteiger partial charge is 0.172 e. The number of hydrogen-bond acceptors (Lipinski definition) is 5. The number of aldehydes is 1. The summed E-state index contributed by atoms with van der Waals surface area (Å²) in [5, 5.41) is 3.17. The molecule has 2 rings (SSSR count). The number of aromatic nitrogens is 2. The van der Waals surface area contributed by atoms with Crippen LogP contribution in [0.1, 0.15) is 21.6 Å². The van der Waals surface area contributed by atoms with Crippen molar-refractivity contribution in [3.63, 3.8) is 0 Å². The van der Waals surface area contributed by atoms with E-state index < -0.39 is 0 Å². The SMILES string of the molecule is Cc1ccc(CNc2nc(N)c(C=O)nc2Cl)cc1. The average Bonchev–Trinajstić information content (AvgIpc) is 2.41. The van der Waals surface area contributed by atoms with Crippen LogP contribution in [0.15, 0.2) is 24.3 Å². The number of hydrogen-bond donors (Lipinski definition) is 2. The van der Waals surface area contributed by atoms with Crippen LogP contribution < -0.4 is 11.1 Å². The van der Waals surface area contributed by atoms with Crippen molar-refractivity contribution in [2.75, 3.05) is 11.1 Å². The summed E-state index contributed by atoms with van der Waals surface area (Å²) >= 11 is 5.92. The third kappa shape index (κ3) is 3.20. The fourth-order valence-electron chi connectivity index (χ4n) is 1.53. The number of nitrogens with one attached hydrogen (secondary N) is 1. The number of nitrogens with two attached hydrogens (primary N) is 1. The van der Waals surface area contributed by atoms with Gasteiger partial charge in [0.15, 0.2) is 23.1 Å². The first-order valence-electron chi connectivity index (χ1n) is 5.67. The lowest BCUT2D eigenvalue weighted by atomic mass is 10.1. The first-order chi connectivity index (χ1) is 9.10. The molecular formula is C13H13ClN4O. The Bertz CT molecular complexity index is 598. The van der Waals surface area contributed by atoms with Gasteiger partial charge in [0.05, 0.1) is 0 Å². The minimum atomic E-state index is 0.0471. The number of halogens is 1. The summed E-state index contributed by atoms with van der Waals surface area (Å²) in [6.45, 7) is 2.58. The second-order valence-corrected chi connectivity index (χ2v) is 4.45. The summed E-state index contributed by atoms with van der Waals surface area (Å²) < 4.78 is 0. The van der Waals surface area contributed by atoms with E-state index in [2.05, 4.69) is 15.3 Å². The van der Waals surface area contributed by atoms with Crippen molar-refractivity contribution in [1.82, 2.24) is 9.97 Å². The number of benzene rings is 1. The number of carbonyl (C=O) groups is 1. The number of carbonyl (C=O) groups excluding carboxylic acids is 1. The second-order valence-electron chi connectivity index (χ2n) is 4.09. The molecule has 2 aromatic rings. The highest BCUT2D eigenvalue weighted by molar-refractivity contribution is 6.31. The average molecular weight is 277 g/mol. The van der Waals surface area contributed by atoms with Crippen molar-refractivity contribution in [3.8, 4) is 0 Å². The lowest BCUT2D eigenvalue weighted by molar-refractivity contribution is 0.111. The van der Waals surface area contributed by atoms with Gasteiger partial charge in [-0.05, 0) is 12.5 Å². The topological polar surface area (TPSA) is 80.9 Å². The standard InChI is InChI=1S/C13H13ClN4O/c1-8-2-4-9(5-3-8)6-16-13-11(14)17-10(7-19)12(15)18-13/h2-5,7H,6H2,1H3,(H3,15,16,18). The Morgan fingerprint density at radius 1 is 1.32 bits per heavy atom. The zero-order valence-corrected chi connectivity index (χ0v) is 11.1. The molecule has 0 aliphatic carbocycles. The van der Waals surface area contributed by atoms with E-state index in [1.807, 2.05) is 31.2 Å². The molecule has 0 bridgehead atoms. The number of rotatable bonds is 4. The number of aryl methyl sites for hydroxylation is 1. The molecule has 0 radical (unpaired) electrons. The Balaban J connectivity index is 2.13. The summed E-state index contributed by atoms with van der Waals surface area (Å²) in [7, 11) is 0. The van der Waals surface area contributed by atoms with E-state index >= 15 is 0 Å². The first-order valence-corrected chi connectivity index (χ1v) is 6.05. The summed E-state index contributed by atoms with van der Waals surface area (Å²) in [5.41, 5.74) is 7.91. The van der Waals surface area contributed by atoms with Crippen LogP contribution in [-0.2, 0) is 6.54 Å². The van der Waals surface area contributed by atoms with Crippen LogP contribution >= 0.6 is 11.6 Å². The van der Waals surface area contributed by atoms with Gasteiger partial charge in [0, 0.05) is 6.54 Å². The molecule has 3 N–H and O–H groups in total. The third-order valence-corrected chi connectivity index (χ3v) is 2.86. The van der Waals surface area contributed by atoms with Gasteiger partial charge >= 0.3 is 0 Å². The zero-order valence-electron chi connectivity index (χ0n) is 10.4. The van der Waals surface area contributed by atoms with E-state index in [4.69, 9.17) is 17.3 Å². The first kappa shape index (κ1) is 13.3. The zero-order chi connectivity index (χ0) is 13.8. The van der Waals surface area contributed by atoms with Crippen LogP contribution in [-0.4, -0.2) is 16.3 Å². The van der Waals surface area contributed by atoms with E-state index in [0.29, 0.717) is 18.6 Å². The number of anilines is 2. The highest BCUT2D eigenvalue weighted by Gasteiger charge is 2.09. The fraction of sp³-hybridized carbons (Fsp3) is 0.154. The monoisotopic (exact) mass is 276 g/mol. The second kappa shape index (κ2) is 5.67. The molecule has 0 unspecified atom stereocenters. The molecule has 0 spiro atoms. The molecule has 1 aromatic heterocycles. The molecule has 0 saturated heterocycles. The predicted octanol–water partition coefficient (Wildman–Crippen LogP) is 2.45. The maximum atomic E-state index is 10.6. The maximum Gasteiger partial charge on any atom is 0.172 e. The fourth-order valence-corrected chi connectivity index (χ4v) is 1.73. The summed E-state index contributed by atoms with van der Waals surface area (Å²) in [5.74, 6) is 0.427. The Labute approximate surface area is 115 Å². The van der Waals surface area contributed by atoms with Gasteiger partial charge in [-0.25, -0.2) is 9.97 Å². The van der Waals surface area contributed by atoms with E-state index in [1.165, 1.54) is 5.56 Å². The van der Waals surface area contributed by atoms with E-state index in [-0.39, 0.29) is 16.7 Å². The van der Waals surface area contributed by atoms with Gasteiger partial charge in [-0.3, -0.25) is 4.79 Å². The molecule has 6 heteroatoms. The Morgan fingerprint density at radius 3 is 2.63 bits per heavy atom. The third-order valence-electron chi connectivity index (χ3n) is 2.60. The Kier molecular flexibility index (Phi) is 3.97. The van der Waals surface area contributed by atoms with Crippen LogP contribution in [0.4, 0.5) is 11.6 Å². The molecular weight excluding hydrogens is 264 g/mol. The molecule has 1 aromatic carbocycles. The molecule has 19 heavy (non-hydrogen) atoms. The van der Waals surface area contributed by atoms with Crippen LogP contribution in [0, 0.1) is 6.92 Å². The van der Waals surface area contributed by atoms with Gasteiger partial charge in [-0.15, -0.1) is 0 Å². The van der Waals surface area contributed by atoms with Crippen molar-refractivity contribution in [1.29, 1.82) is 0 Å². The van der Waals surface area contributed by atoms with Crippen LogP contribution in [0.3, 0.4) is 0 Å². The lowest BCUT2D eigenvalue weighted by Crippen LogP contribution is -2.07. The van der Waals surface area contributed by atoms with Crippen molar-refractivity contribution >= 4 is 29.5 Å². The van der Waals surface area contributed by atoms with E-state index in [9.17, 15) is 4.79 Å². The van der Waals surface area contributed by atoms with Crippen molar-refractivity contribution in [2.24, 2.45) is 0 Å². The van der Waals surface area contributed by atoms with E-state index in [0.717, 1.165) is 5.56 Å². The molecule has 0 fully saturated rings. The van der Waals surface area contributed by atoms with Crippen LogP contribution in [0.5, 0.6) is 0 Å². The van der Waals surface area contributed by atoms with Crippen LogP contribution in [0.2, 0.25) is 5.15 Å². The summed E-state index contributed by atoms with van der Waals surface area (Å²) in [6, 6.07) is 8.06. The van der Waals surface area contributed by atoms with Gasteiger partial charge < -0.3 is 11.1 Å². The molecule has 1 heterocycles. The highest BCUT2D eigenvalue weighted by atomic mass is 35.5. The molecule has 0 aliphatic rings. The summed E-state index contributed by atoms with van der Waals surface area (Å²) in [6.07, 6.45) is 0.526. The Morgan fingerprint density at radius 2 is 2.00 bits per heavy atom. The largest absolute Gasteiger partial charge is 0.382 e. The minimum absolute atomic E-state index is 0.0471. The van der Waals surface area contributed by atoms with Gasteiger partial charge in [0.25, 0.3) is 0 Å². The quantitative estimate of drug-likeness (QED) is 0.839.